The number of esters is 1. The van der Waals surface area contributed by atoms with Crippen molar-refractivity contribution in [2.45, 2.75) is 46.0 Å². The van der Waals surface area contributed by atoms with Crippen LogP contribution in [0.2, 0.25) is 0 Å². The van der Waals surface area contributed by atoms with Crippen LogP contribution in [0.3, 0.4) is 0 Å². The smallest absolute Gasteiger partial charge is 0.310 e. The van der Waals surface area contributed by atoms with Gasteiger partial charge >= 0.3 is 5.97 Å². The molecule has 1 atom stereocenters. The second kappa shape index (κ2) is 14.9. The van der Waals surface area contributed by atoms with Crippen molar-refractivity contribution in [1.82, 2.24) is 14.8 Å². The molecular formula is C34H36FN3O4S. The molecular weight excluding hydrogens is 565 g/mol. The fourth-order valence-electron chi connectivity index (χ4n) is 5.16. The lowest BCUT2D eigenvalue weighted by molar-refractivity contribution is -0.149. The number of aromatic nitrogens is 1. The van der Waals surface area contributed by atoms with Gasteiger partial charge in [-0.3, -0.25) is 14.5 Å². The Labute approximate surface area is 255 Å². The van der Waals surface area contributed by atoms with E-state index in [0.717, 1.165) is 40.3 Å². The lowest BCUT2D eigenvalue weighted by Crippen LogP contribution is -2.43. The molecule has 0 bridgehead atoms. The van der Waals surface area contributed by atoms with Gasteiger partial charge in [0.1, 0.15) is 28.9 Å². The molecule has 1 aliphatic heterocycles. The lowest BCUT2D eigenvalue weighted by atomic mass is 9.98. The van der Waals surface area contributed by atoms with Gasteiger partial charge in [0.25, 0.3) is 5.91 Å². The molecule has 1 aliphatic rings. The number of likely N-dealkylation sites (tertiary alicyclic amines) is 1. The highest BCUT2D eigenvalue weighted by atomic mass is 32.1. The van der Waals surface area contributed by atoms with E-state index in [1.54, 1.807) is 29.3 Å². The highest BCUT2D eigenvalue weighted by Gasteiger charge is 2.30. The van der Waals surface area contributed by atoms with Crippen molar-refractivity contribution < 1.29 is 23.5 Å². The topological polar surface area (TPSA) is 72.0 Å². The van der Waals surface area contributed by atoms with Crippen molar-refractivity contribution in [1.29, 1.82) is 0 Å². The van der Waals surface area contributed by atoms with Crippen LogP contribution in [-0.2, 0) is 35.8 Å². The van der Waals surface area contributed by atoms with Gasteiger partial charge in [0.05, 0.1) is 19.1 Å². The molecule has 1 aromatic heterocycles. The molecule has 0 aliphatic carbocycles. The fourth-order valence-corrected chi connectivity index (χ4v) is 5.96. The number of thiazole rings is 1. The number of benzene rings is 3. The van der Waals surface area contributed by atoms with Gasteiger partial charge in [0.2, 0.25) is 0 Å². The number of amides is 1. The summed E-state index contributed by atoms with van der Waals surface area (Å²) in [5.74, 6) is -0.174. The van der Waals surface area contributed by atoms with Crippen LogP contribution < -0.4 is 4.74 Å². The number of carbonyl (C=O) groups is 2. The number of nitrogens with zero attached hydrogens (tertiary/aromatic N) is 3. The molecule has 2 heterocycles. The van der Waals surface area contributed by atoms with Crippen LogP contribution in [-0.4, -0.2) is 46.4 Å². The maximum Gasteiger partial charge on any atom is 0.310 e. The molecule has 1 unspecified atom stereocenters. The Morgan fingerprint density at radius 3 is 2.35 bits per heavy atom. The van der Waals surface area contributed by atoms with Crippen molar-refractivity contribution >= 4 is 23.2 Å². The Morgan fingerprint density at radius 2 is 1.65 bits per heavy atom. The van der Waals surface area contributed by atoms with E-state index in [0.29, 0.717) is 51.6 Å². The first-order valence-electron chi connectivity index (χ1n) is 14.6. The number of ether oxygens (including phenoxy) is 2. The number of rotatable bonds is 12. The van der Waals surface area contributed by atoms with Crippen LogP contribution >= 0.6 is 11.3 Å². The number of hydrogen-bond acceptors (Lipinski definition) is 7. The minimum Gasteiger partial charge on any atom is -0.489 e. The maximum atomic E-state index is 13.6. The van der Waals surface area contributed by atoms with Crippen LogP contribution in [0.1, 0.15) is 52.0 Å². The summed E-state index contributed by atoms with van der Waals surface area (Å²) in [6, 6.07) is 24.6. The number of halogens is 1. The Bertz CT molecular complexity index is 1480. The fraction of sp³-hybridized carbons (Fsp3) is 0.324. The summed E-state index contributed by atoms with van der Waals surface area (Å²) in [6.45, 7) is 5.32. The molecule has 9 heteroatoms. The van der Waals surface area contributed by atoms with Crippen LogP contribution in [0.5, 0.6) is 5.75 Å². The molecule has 1 amide bonds. The molecule has 3 aromatic carbocycles. The highest BCUT2D eigenvalue weighted by molar-refractivity contribution is 7.09. The van der Waals surface area contributed by atoms with Crippen LogP contribution in [0.15, 0.2) is 84.2 Å². The maximum absolute atomic E-state index is 13.6. The predicted molar refractivity (Wildman–Crippen MR) is 164 cm³/mol. The molecule has 224 valence electrons. The Kier molecular flexibility index (Phi) is 10.5. The van der Waals surface area contributed by atoms with Gasteiger partial charge in [-0.2, -0.15) is 0 Å². The largest absolute Gasteiger partial charge is 0.489 e. The van der Waals surface area contributed by atoms with Gasteiger partial charge in [0, 0.05) is 31.6 Å². The second-order valence-electron chi connectivity index (χ2n) is 10.7. The first-order valence-corrected chi connectivity index (χ1v) is 15.5. The van der Waals surface area contributed by atoms with E-state index in [1.165, 1.54) is 23.5 Å². The molecule has 1 fully saturated rings. The molecule has 0 N–H and O–H groups in total. The monoisotopic (exact) mass is 601 g/mol. The minimum atomic E-state index is -0.294. The summed E-state index contributed by atoms with van der Waals surface area (Å²) in [4.78, 5) is 34.1. The quantitative estimate of drug-likeness (QED) is 0.173. The molecule has 0 spiro atoms. The zero-order valence-electron chi connectivity index (χ0n) is 24.3. The van der Waals surface area contributed by atoms with E-state index < -0.39 is 0 Å². The molecule has 43 heavy (non-hydrogen) atoms. The van der Waals surface area contributed by atoms with Gasteiger partial charge in [0.15, 0.2) is 0 Å². The van der Waals surface area contributed by atoms with E-state index >= 15 is 0 Å². The summed E-state index contributed by atoms with van der Waals surface area (Å²) in [6.07, 6.45) is 1.48. The lowest BCUT2D eigenvalue weighted by Gasteiger charge is -2.31. The van der Waals surface area contributed by atoms with Crippen LogP contribution in [0, 0.1) is 11.7 Å². The van der Waals surface area contributed by atoms with E-state index in [4.69, 9.17) is 9.47 Å². The average molecular weight is 602 g/mol. The molecule has 7 nitrogen and oxygen atoms in total. The summed E-state index contributed by atoms with van der Waals surface area (Å²) >= 11 is 1.44. The third kappa shape index (κ3) is 8.72. The zero-order valence-corrected chi connectivity index (χ0v) is 25.1. The normalized spacial score (nSPS) is 15.0. The molecule has 1 saturated heterocycles. The molecule has 5 rings (SSSR count). The average Bonchev–Trinajstić information content (AvgIpc) is 3.50. The summed E-state index contributed by atoms with van der Waals surface area (Å²) in [5.41, 5.74) is 3.58. The number of piperidine rings is 1. The van der Waals surface area contributed by atoms with Crippen molar-refractivity contribution in [3.05, 3.63) is 117 Å². The SMILES string of the molecule is CCOC(=O)C1CCCN(C(=O)c2csc(CN(Cc3ccc(F)cc3)Cc3ccc(OCc4ccccc4)cc3)n2)C1. The van der Waals surface area contributed by atoms with Crippen molar-refractivity contribution in [3.8, 4) is 5.75 Å². The Balaban J connectivity index is 1.24. The number of hydrogen-bond donors (Lipinski definition) is 0. The molecule has 0 radical (unpaired) electrons. The van der Waals surface area contributed by atoms with Gasteiger partial charge < -0.3 is 14.4 Å². The second-order valence-corrected chi connectivity index (χ2v) is 11.6. The van der Waals surface area contributed by atoms with Gasteiger partial charge in [-0.05, 0) is 60.7 Å². The summed E-state index contributed by atoms with van der Waals surface area (Å²) < 4.78 is 24.7. The van der Waals surface area contributed by atoms with Gasteiger partial charge in [-0.25, -0.2) is 9.37 Å². The first-order chi connectivity index (χ1) is 21.0. The van der Waals surface area contributed by atoms with Crippen LogP contribution in [0.4, 0.5) is 4.39 Å². The third-order valence-electron chi connectivity index (χ3n) is 7.36. The van der Waals surface area contributed by atoms with Crippen molar-refractivity contribution in [3.63, 3.8) is 0 Å². The van der Waals surface area contributed by atoms with Crippen molar-refractivity contribution in [2.24, 2.45) is 5.92 Å². The van der Waals surface area contributed by atoms with Gasteiger partial charge in [-0.1, -0.05) is 54.6 Å². The van der Waals surface area contributed by atoms with E-state index in [9.17, 15) is 14.0 Å². The number of carbonyl (C=O) groups excluding carboxylic acids is 2. The third-order valence-corrected chi connectivity index (χ3v) is 8.19. The van der Waals surface area contributed by atoms with Crippen LogP contribution in [0.25, 0.3) is 0 Å². The van der Waals surface area contributed by atoms with E-state index in [2.05, 4.69) is 9.88 Å². The minimum absolute atomic E-state index is 0.160. The standard InChI is InChI=1S/C34H36FN3O4S/c1-2-41-34(40)28-9-6-18-38(21-28)33(39)31-24-43-32(36-31)22-37(19-25-10-14-29(35)15-11-25)20-26-12-16-30(17-13-26)42-23-27-7-4-3-5-8-27/h3-5,7-8,10-17,24,28H,2,6,9,18-23H2,1H3. The van der Waals surface area contributed by atoms with Crippen molar-refractivity contribution in [2.75, 3.05) is 19.7 Å². The molecule has 4 aromatic rings. The first kappa shape index (κ1) is 30.4. The molecule has 0 saturated carbocycles. The summed E-state index contributed by atoms with van der Waals surface area (Å²) in [7, 11) is 0. The Hall–Kier alpha value is -4.08. The predicted octanol–water partition coefficient (Wildman–Crippen LogP) is 6.48. The zero-order chi connectivity index (χ0) is 30.0. The summed E-state index contributed by atoms with van der Waals surface area (Å²) in [5, 5.41) is 2.60. The van der Waals surface area contributed by atoms with E-state index in [1.807, 2.05) is 54.6 Å². The highest BCUT2D eigenvalue weighted by Crippen LogP contribution is 2.23. The van der Waals surface area contributed by atoms with E-state index in [-0.39, 0.29) is 23.6 Å². The van der Waals surface area contributed by atoms with Gasteiger partial charge in [-0.15, -0.1) is 11.3 Å². The Morgan fingerprint density at radius 1 is 0.953 bits per heavy atom.